The number of hydrogen-bond donors (Lipinski definition) is 1. The van der Waals surface area contributed by atoms with Crippen LogP contribution in [0.25, 0.3) is 0 Å². The van der Waals surface area contributed by atoms with Crippen molar-refractivity contribution in [3.63, 3.8) is 0 Å². The monoisotopic (exact) mass is 479 g/mol. The summed E-state index contributed by atoms with van der Waals surface area (Å²) in [6.45, 7) is 6.38. The number of ether oxygens (including phenoxy) is 2. The topological polar surface area (TPSA) is 98.8 Å². The van der Waals surface area contributed by atoms with Gasteiger partial charge in [0.2, 0.25) is 0 Å². The Morgan fingerprint density at radius 1 is 0.771 bits per heavy atom. The normalized spacial score (nSPS) is 12.5. The molecular formula is C28H33NO6. The lowest BCUT2D eigenvalue weighted by atomic mass is 9.83. The van der Waals surface area contributed by atoms with Crippen LogP contribution in [0.3, 0.4) is 0 Å². The number of benzene rings is 2. The Bertz CT molecular complexity index is 1100. The standard InChI is InChI=1S/C28H33NO6/c1-28(2,3)35-27(33)29-16-10-6-4-5-7-11-17-34-26(32)19-14-15-22-23(18-19)25(31)21-13-9-8-12-20(21)24(22)30/h8-9,12-15,18H,4-7,10-11,16-17H2,1-3H3,(H,29,33). The first-order chi connectivity index (χ1) is 16.7. The molecular weight excluding hydrogens is 446 g/mol. The van der Waals surface area contributed by atoms with Gasteiger partial charge in [-0.1, -0.05) is 49.9 Å². The van der Waals surface area contributed by atoms with Crippen LogP contribution in [-0.2, 0) is 9.47 Å². The summed E-state index contributed by atoms with van der Waals surface area (Å²) < 4.78 is 10.6. The Labute approximate surface area is 206 Å². The van der Waals surface area contributed by atoms with E-state index in [9.17, 15) is 19.2 Å². The predicted molar refractivity (Wildman–Crippen MR) is 132 cm³/mol. The van der Waals surface area contributed by atoms with Gasteiger partial charge in [0.25, 0.3) is 0 Å². The Morgan fingerprint density at radius 3 is 2.00 bits per heavy atom. The molecule has 0 aliphatic heterocycles. The number of fused-ring (bicyclic) bond motifs is 2. The molecule has 0 unspecified atom stereocenters. The average Bonchev–Trinajstić information content (AvgIpc) is 2.82. The van der Waals surface area contributed by atoms with E-state index in [-0.39, 0.29) is 28.8 Å². The largest absolute Gasteiger partial charge is 0.462 e. The van der Waals surface area contributed by atoms with Crippen LogP contribution in [0.1, 0.15) is 101 Å². The minimum atomic E-state index is -0.500. The highest BCUT2D eigenvalue weighted by atomic mass is 16.6. The molecule has 0 aromatic heterocycles. The van der Waals surface area contributed by atoms with Gasteiger partial charge < -0.3 is 14.8 Å². The second-order valence-corrected chi connectivity index (χ2v) is 9.65. The van der Waals surface area contributed by atoms with E-state index in [0.29, 0.717) is 29.8 Å². The molecule has 3 rings (SSSR count). The molecule has 0 bridgehead atoms. The van der Waals surface area contributed by atoms with Gasteiger partial charge in [-0.15, -0.1) is 0 Å². The van der Waals surface area contributed by atoms with E-state index in [1.165, 1.54) is 18.2 Å². The summed E-state index contributed by atoms with van der Waals surface area (Å²) >= 11 is 0. The Hall–Kier alpha value is -3.48. The van der Waals surface area contributed by atoms with Gasteiger partial charge in [0.05, 0.1) is 12.2 Å². The van der Waals surface area contributed by atoms with Crippen molar-refractivity contribution >= 4 is 23.6 Å². The van der Waals surface area contributed by atoms with Crippen LogP contribution in [0.5, 0.6) is 0 Å². The summed E-state index contributed by atoms with van der Waals surface area (Å²) in [5.74, 6) is -0.970. The highest BCUT2D eigenvalue weighted by molar-refractivity contribution is 6.28. The minimum Gasteiger partial charge on any atom is -0.462 e. The lowest BCUT2D eigenvalue weighted by Gasteiger charge is -2.19. The van der Waals surface area contributed by atoms with Crippen molar-refractivity contribution in [2.24, 2.45) is 0 Å². The number of alkyl carbamates (subject to hydrolysis) is 1. The molecule has 186 valence electrons. The molecule has 0 radical (unpaired) electrons. The fourth-order valence-corrected chi connectivity index (χ4v) is 3.91. The van der Waals surface area contributed by atoms with E-state index >= 15 is 0 Å². The molecule has 0 saturated carbocycles. The smallest absolute Gasteiger partial charge is 0.407 e. The van der Waals surface area contributed by atoms with Crippen molar-refractivity contribution in [2.75, 3.05) is 13.2 Å². The van der Waals surface area contributed by atoms with Gasteiger partial charge in [-0.25, -0.2) is 9.59 Å². The summed E-state index contributed by atoms with van der Waals surface area (Å²) in [5.41, 5.74) is 1.07. The van der Waals surface area contributed by atoms with Crippen LogP contribution in [0.2, 0.25) is 0 Å². The third kappa shape index (κ3) is 7.25. The van der Waals surface area contributed by atoms with E-state index in [2.05, 4.69) is 5.32 Å². The van der Waals surface area contributed by atoms with Crippen LogP contribution in [-0.4, -0.2) is 42.4 Å². The fourth-order valence-electron chi connectivity index (χ4n) is 3.91. The number of nitrogens with one attached hydrogen (secondary N) is 1. The summed E-state index contributed by atoms with van der Waals surface area (Å²) in [6.07, 6.45) is 5.22. The second kappa shape index (κ2) is 11.8. The zero-order chi connectivity index (χ0) is 25.4. The second-order valence-electron chi connectivity index (χ2n) is 9.65. The summed E-state index contributed by atoms with van der Waals surface area (Å²) in [7, 11) is 0. The molecule has 7 heteroatoms. The van der Waals surface area contributed by atoms with E-state index in [1.54, 1.807) is 24.3 Å². The van der Waals surface area contributed by atoms with Gasteiger partial charge in [0.1, 0.15) is 5.60 Å². The van der Waals surface area contributed by atoms with Crippen LogP contribution < -0.4 is 5.32 Å². The highest BCUT2D eigenvalue weighted by Crippen LogP contribution is 2.28. The zero-order valence-electron chi connectivity index (χ0n) is 20.6. The van der Waals surface area contributed by atoms with Crippen LogP contribution >= 0.6 is 0 Å². The molecule has 1 aliphatic rings. The maximum Gasteiger partial charge on any atom is 0.407 e. The number of unbranched alkanes of at least 4 members (excludes halogenated alkanes) is 5. The average molecular weight is 480 g/mol. The Morgan fingerprint density at radius 2 is 1.34 bits per heavy atom. The molecule has 0 spiro atoms. The van der Waals surface area contributed by atoms with Crippen LogP contribution in [0.4, 0.5) is 4.79 Å². The van der Waals surface area contributed by atoms with Crippen LogP contribution in [0, 0.1) is 0 Å². The van der Waals surface area contributed by atoms with Gasteiger partial charge in [-0.3, -0.25) is 9.59 Å². The summed E-state index contributed by atoms with van der Waals surface area (Å²) in [4.78, 5) is 49.5. The molecule has 35 heavy (non-hydrogen) atoms. The van der Waals surface area contributed by atoms with Crippen molar-refractivity contribution in [3.8, 4) is 0 Å². The number of carbonyl (C=O) groups excluding carboxylic acids is 4. The number of ketones is 2. The lowest BCUT2D eigenvalue weighted by Crippen LogP contribution is -2.32. The number of rotatable bonds is 10. The highest BCUT2D eigenvalue weighted by Gasteiger charge is 2.30. The van der Waals surface area contributed by atoms with E-state index < -0.39 is 11.6 Å². The summed E-state index contributed by atoms with van der Waals surface area (Å²) in [6, 6.07) is 11.2. The van der Waals surface area contributed by atoms with Gasteiger partial charge in [-0.05, 0) is 51.8 Å². The lowest BCUT2D eigenvalue weighted by molar-refractivity contribution is 0.0493. The van der Waals surface area contributed by atoms with Gasteiger partial charge in [-0.2, -0.15) is 0 Å². The van der Waals surface area contributed by atoms with Crippen molar-refractivity contribution in [1.82, 2.24) is 5.32 Å². The SMILES string of the molecule is CC(C)(C)OC(=O)NCCCCCCCCOC(=O)c1ccc2c(c1)C(=O)c1ccccc1C2=O. The molecule has 7 nitrogen and oxygen atoms in total. The summed E-state index contributed by atoms with van der Waals surface area (Å²) in [5, 5.41) is 2.75. The molecule has 0 fully saturated rings. The number of hydrogen-bond acceptors (Lipinski definition) is 6. The van der Waals surface area contributed by atoms with Gasteiger partial charge >= 0.3 is 12.1 Å². The van der Waals surface area contributed by atoms with Crippen molar-refractivity contribution in [2.45, 2.75) is 64.9 Å². The molecule has 2 aromatic carbocycles. The first-order valence-corrected chi connectivity index (χ1v) is 12.1. The molecule has 1 aliphatic carbocycles. The zero-order valence-corrected chi connectivity index (χ0v) is 20.6. The number of amides is 1. The van der Waals surface area contributed by atoms with Crippen molar-refractivity contribution in [3.05, 3.63) is 70.3 Å². The van der Waals surface area contributed by atoms with Crippen molar-refractivity contribution < 1.29 is 28.7 Å². The quantitative estimate of drug-likeness (QED) is 0.305. The van der Waals surface area contributed by atoms with Crippen molar-refractivity contribution in [1.29, 1.82) is 0 Å². The van der Waals surface area contributed by atoms with Crippen LogP contribution in [0.15, 0.2) is 42.5 Å². The molecule has 0 saturated heterocycles. The number of carbonyl (C=O) groups is 4. The van der Waals surface area contributed by atoms with Gasteiger partial charge in [0, 0.05) is 28.8 Å². The third-order valence-electron chi connectivity index (χ3n) is 5.63. The minimum absolute atomic E-state index is 0.212. The molecule has 0 atom stereocenters. The maximum absolute atomic E-state index is 12.8. The number of esters is 1. The van der Waals surface area contributed by atoms with E-state index in [1.807, 2.05) is 20.8 Å². The maximum atomic E-state index is 12.8. The molecule has 1 amide bonds. The first kappa shape index (κ1) is 26.1. The predicted octanol–water partition coefficient (Wildman–Crippen LogP) is 5.48. The molecule has 2 aromatic rings. The first-order valence-electron chi connectivity index (χ1n) is 12.1. The molecule has 1 N–H and O–H groups in total. The third-order valence-corrected chi connectivity index (χ3v) is 5.63. The van der Waals surface area contributed by atoms with Gasteiger partial charge in [0.15, 0.2) is 11.6 Å². The Balaban J connectivity index is 1.34. The molecule has 0 heterocycles. The fraction of sp³-hybridized carbons (Fsp3) is 0.429. The van der Waals surface area contributed by atoms with E-state index in [0.717, 1.165) is 38.5 Å². The Kier molecular flexibility index (Phi) is 8.79. The van der Waals surface area contributed by atoms with E-state index in [4.69, 9.17) is 9.47 Å².